The number of para-hydroxylation sites is 1. The number of aryl methyl sites for hydroxylation is 2. The number of aromatic nitrogens is 6. The summed E-state index contributed by atoms with van der Waals surface area (Å²) < 4.78 is 5.19. The smallest absolute Gasteiger partial charge is 0.282 e. The third kappa shape index (κ3) is 2.30. The molecule has 0 atom stereocenters. The quantitative estimate of drug-likeness (QED) is 0.576. The first-order valence-corrected chi connectivity index (χ1v) is 7.60. The summed E-state index contributed by atoms with van der Waals surface area (Å²) in [5.74, 6) is 0.896. The summed E-state index contributed by atoms with van der Waals surface area (Å²) in [5.41, 5.74) is 2.87. The molecule has 0 aliphatic rings. The second-order valence-electron chi connectivity index (χ2n) is 5.69. The van der Waals surface area contributed by atoms with Crippen molar-refractivity contribution in [2.45, 2.75) is 13.5 Å². The van der Waals surface area contributed by atoms with Gasteiger partial charge in [-0.15, -0.1) is 0 Å². The van der Waals surface area contributed by atoms with E-state index in [2.05, 4.69) is 15.1 Å². The van der Waals surface area contributed by atoms with Gasteiger partial charge in [-0.25, -0.2) is 9.97 Å². The third-order valence-electron chi connectivity index (χ3n) is 4.03. The number of nitrogens with zero attached hydrogens (tertiary/aromatic N) is 6. The number of imidazole rings is 1. The molecule has 0 amide bonds. The molecule has 0 fully saturated rings. The van der Waals surface area contributed by atoms with Gasteiger partial charge in [-0.2, -0.15) is 5.10 Å². The molecule has 0 aliphatic heterocycles. The van der Waals surface area contributed by atoms with Gasteiger partial charge in [0.15, 0.2) is 5.52 Å². The van der Waals surface area contributed by atoms with Crippen LogP contribution in [0.4, 0.5) is 0 Å². The second kappa shape index (κ2) is 5.45. The summed E-state index contributed by atoms with van der Waals surface area (Å²) in [6.07, 6.45) is 6.99. The highest BCUT2D eigenvalue weighted by molar-refractivity contribution is 5.71. The van der Waals surface area contributed by atoms with Crippen LogP contribution in [0.3, 0.4) is 0 Å². The van der Waals surface area contributed by atoms with Gasteiger partial charge in [-0.1, -0.05) is 18.2 Å². The summed E-state index contributed by atoms with van der Waals surface area (Å²) in [4.78, 5) is 21.2. The van der Waals surface area contributed by atoms with Crippen molar-refractivity contribution in [3.05, 3.63) is 70.9 Å². The molecule has 7 heteroatoms. The van der Waals surface area contributed by atoms with E-state index in [-0.39, 0.29) is 5.56 Å². The lowest BCUT2D eigenvalue weighted by atomic mass is 10.1. The van der Waals surface area contributed by atoms with E-state index in [1.807, 2.05) is 42.0 Å². The Morgan fingerprint density at radius 3 is 2.79 bits per heavy atom. The van der Waals surface area contributed by atoms with E-state index in [4.69, 9.17) is 0 Å². The average Bonchev–Trinajstić information content (AvgIpc) is 3.16. The fourth-order valence-electron chi connectivity index (χ4n) is 2.85. The summed E-state index contributed by atoms with van der Waals surface area (Å²) in [7, 11) is 1.78. The molecule has 24 heavy (non-hydrogen) atoms. The molecule has 7 nitrogen and oxygen atoms in total. The minimum Gasteiger partial charge on any atom is -0.304 e. The van der Waals surface area contributed by atoms with Crippen molar-refractivity contribution in [2.75, 3.05) is 0 Å². The van der Waals surface area contributed by atoms with Gasteiger partial charge in [-0.3, -0.25) is 14.0 Å². The minimum absolute atomic E-state index is 0.141. The van der Waals surface area contributed by atoms with Crippen molar-refractivity contribution in [3.8, 4) is 5.69 Å². The number of benzene rings is 1. The Morgan fingerprint density at radius 2 is 2.00 bits per heavy atom. The fourth-order valence-corrected chi connectivity index (χ4v) is 2.85. The molecule has 0 spiro atoms. The summed E-state index contributed by atoms with van der Waals surface area (Å²) >= 11 is 0. The third-order valence-corrected chi connectivity index (χ3v) is 4.03. The van der Waals surface area contributed by atoms with Crippen molar-refractivity contribution >= 4 is 11.0 Å². The van der Waals surface area contributed by atoms with Crippen LogP contribution in [-0.2, 0) is 13.6 Å². The normalized spacial score (nSPS) is 11.2. The minimum atomic E-state index is -0.141. The lowest BCUT2D eigenvalue weighted by Crippen LogP contribution is -2.22. The van der Waals surface area contributed by atoms with Crippen LogP contribution in [0, 0.1) is 6.92 Å². The van der Waals surface area contributed by atoms with Crippen LogP contribution in [0.2, 0.25) is 0 Å². The van der Waals surface area contributed by atoms with Gasteiger partial charge >= 0.3 is 0 Å². The Morgan fingerprint density at radius 1 is 1.17 bits per heavy atom. The van der Waals surface area contributed by atoms with Gasteiger partial charge in [0.05, 0.1) is 24.8 Å². The lowest BCUT2D eigenvalue weighted by Gasteiger charge is -2.12. The molecule has 1 aromatic carbocycles. The molecule has 0 bridgehead atoms. The van der Waals surface area contributed by atoms with Gasteiger partial charge in [-0.05, 0) is 18.6 Å². The van der Waals surface area contributed by atoms with Gasteiger partial charge in [0.25, 0.3) is 5.56 Å². The first-order chi connectivity index (χ1) is 11.6. The summed E-state index contributed by atoms with van der Waals surface area (Å²) in [6.45, 7) is 2.37. The molecule has 0 N–H and O–H groups in total. The van der Waals surface area contributed by atoms with Gasteiger partial charge < -0.3 is 4.57 Å². The van der Waals surface area contributed by atoms with Crippen LogP contribution in [-0.4, -0.2) is 28.9 Å². The molecular formula is C17H16N6O. The van der Waals surface area contributed by atoms with E-state index < -0.39 is 0 Å². The Kier molecular flexibility index (Phi) is 3.26. The largest absolute Gasteiger partial charge is 0.304 e. The molecule has 0 unspecified atom stereocenters. The Bertz CT molecular complexity index is 1090. The van der Waals surface area contributed by atoms with E-state index in [1.54, 1.807) is 35.0 Å². The Hall–Kier alpha value is -3.22. The first-order valence-electron chi connectivity index (χ1n) is 7.60. The van der Waals surface area contributed by atoms with E-state index in [9.17, 15) is 4.79 Å². The van der Waals surface area contributed by atoms with E-state index >= 15 is 0 Å². The van der Waals surface area contributed by atoms with Gasteiger partial charge in [0.2, 0.25) is 0 Å². The van der Waals surface area contributed by atoms with Crippen molar-refractivity contribution in [2.24, 2.45) is 7.05 Å². The maximum atomic E-state index is 12.6. The maximum absolute atomic E-state index is 12.6. The number of hydrogen-bond donors (Lipinski definition) is 0. The van der Waals surface area contributed by atoms with Crippen molar-refractivity contribution in [1.29, 1.82) is 0 Å². The number of hydrogen-bond acceptors (Lipinski definition) is 4. The van der Waals surface area contributed by atoms with Crippen molar-refractivity contribution < 1.29 is 0 Å². The molecule has 3 heterocycles. The SMILES string of the molecule is Cc1nccn1-c1ccccc1Cn1cnc2cn(C)nc2c1=O. The van der Waals surface area contributed by atoms with Gasteiger partial charge in [0.1, 0.15) is 11.3 Å². The van der Waals surface area contributed by atoms with Crippen molar-refractivity contribution in [3.63, 3.8) is 0 Å². The number of fused-ring (bicyclic) bond motifs is 1. The van der Waals surface area contributed by atoms with Crippen LogP contribution in [0.5, 0.6) is 0 Å². The summed E-state index contributed by atoms with van der Waals surface area (Å²) in [6, 6.07) is 7.95. The molecule has 0 saturated carbocycles. The standard InChI is InChI=1S/C17H16N6O/c1-12-18-7-8-23(12)15-6-4-3-5-13(15)9-22-11-19-14-10-21(2)20-16(14)17(22)24/h3-8,10-11H,9H2,1-2H3. The molecule has 120 valence electrons. The zero-order valence-electron chi connectivity index (χ0n) is 13.4. The predicted molar refractivity (Wildman–Crippen MR) is 90.2 cm³/mol. The predicted octanol–water partition coefficient (Wildman–Crippen LogP) is 1.67. The topological polar surface area (TPSA) is 70.5 Å². The first kappa shape index (κ1) is 14.4. The zero-order chi connectivity index (χ0) is 16.7. The molecule has 0 saturated heterocycles. The highest BCUT2D eigenvalue weighted by atomic mass is 16.1. The number of rotatable bonds is 3. The van der Waals surface area contributed by atoms with E-state index in [1.165, 1.54) is 0 Å². The monoisotopic (exact) mass is 320 g/mol. The highest BCUT2D eigenvalue weighted by Crippen LogP contribution is 2.17. The molecule has 3 aromatic heterocycles. The summed E-state index contributed by atoms with van der Waals surface area (Å²) in [5, 5.41) is 4.21. The van der Waals surface area contributed by atoms with Crippen LogP contribution in [0.25, 0.3) is 16.7 Å². The zero-order valence-corrected chi connectivity index (χ0v) is 13.4. The molecule has 4 rings (SSSR count). The van der Waals surface area contributed by atoms with E-state index in [0.29, 0.717) is 17.6 Å². The Labute approximate surface area is 137 Å². The van der Waals surface area contributed by atoms with Crippen LogP contribution < -0.4 is 5.56 Å². The fraction of sp³-hybridized carbons (Fsp3) is 0.176. The van der Waals surface area contributed by atoms with E-state index in [0.717, 1.165) is 17.1 Å². The molecular weight excluding hydrogens is 304 g/mol. The van der Waals surface area contributed by atoms with Crippen LogP contribution >= 0.6 is 0 Å². The van der Waals surface area contributed by atoms with Crippen molar-refractivity contribution in [1.82, 2.24) is 28.9 Å². The van der Waals surface area contributed by atoms with Gasteiger partial charge in [0, 0.05) is 19.4 Å². The Balaban J connectivity index is 1.81. The maximum Gasteiger partial charge on any atom is 0.282 e. The molecule has 0 radical (unpaired) electrons. The van der Waals surface area contributed by atoms with Crippen LogP contribution in [0.1, 0.15) is 11.4 Å². The highest BCUT2D eigenvalue weighted by Gasteiger charge is 2.11. The van der Waals surface area contributed by atoms with Crippen LogP contribution in [0.15, 0.2) is 54.0 Å². The molecule has 4 aromatic rings. The average molecular weight is 320 g/mol. The molecule has 0 aliphatic carbocycles. The lowest BCUT2D eigenvalue weighted by molar-refractivity contribution is 0.734. The second-order valence-corrected chi connectivity index (χ2v) is 5.69.